The van der Waals surface area contributed by atoms with Gasteiger partial charge in [0.2, 0.25) is 0 Å². The molecule has 2 aromatic carbocycles. The lowest BCUT2D eigenvalue weighted by molar-refractivity contribution is 0.216. The van der Waals surface area contributed by atoms with Crippen molar-refractivity contribution in [3.63, 3.8) is 0 Å². The quantitative estimate of drug-likeness (QED) is 0.809. The van der Waals surface area contributed by atoms with Gasteiger partial charge in [0.05, 0.1) is 0 Å². The fraction of sp³-hybridized carbons (Fsp3) is 0.250. The lowest BCUT2D eigenvalue weighted by Crippen LogP contribution is -2.10. The summed E-state index contributed by atoms with van der Waals surface area (Å²) in [7, 11) is 0. The van der Waals surface area contributed by atoms with Crippen LogP contribution in [0.1, 0.15) is 11.1 Å². The van der Waals surface area contributed by atoms with Gasteiger partial charge in [-0.3, -0.25) is 0 Å². The molecule has 2 rings (SSSR count). The van der Waals surface area contributed by atoms with Gasteiger partial charge in [0.15, 0.2) is 0 Å². The molecule has 0 aliphatic rings. The molecule has 0 aliphatic heterocycles. The first kappa shape index (κ1) is 13.4. The van der Waals surface area contributed by atoms with Crippen LogP contribution in [0.4, 0.5) is 0 Å². The molecule has 3 heteroatoms. The van der Waals surface area contributed by atoms with Gasteiger partial charge in [-0.25, -0.2) is 0 Å². The van der Waals surface area contributed by atoms with Crippen LogP contribution in [0.15, 0.2) is 48.5 Å². The Balaban J connectivity index is 1.81. The summed E-state index contributed by atoms with van der Waals surface area (Å²) in [6.45, 7) is 3.54. The van der Waals surface area contributed by atoms with Crippen molar-refractivity contribution >= 4 is 0 Å². The number of rotatable bonds is 6. The largest absolute Gasteiger partial charge is 0.490 e. The molecule has 0 radical (unpaired) electrons. The van der Waals surface area contributed by atoms with Gasteiger partial charge in [-0.1, -0.05) is 30.3 Å². The molecule has 2 aromatic rings. The van der Waals surface area contributed by atoms with E-state index >= 15 is 0 Å². The molecular formula is C16H19NO2. The minimum atomic E-state index is 0.481. The Morgan fingerprint density at radius 3 is 2.53 bits per heavy atom. The second-order valence-electron chi connectivity index (χ2n) is 4.33. The van der Waals surface area contributed by atoms with Crippen LogP contribution >= 0.6 is 0 Å². The molecule has 0 bridgehead atoms. The molecule has 0 aliphatic carbocycles. The number of hydrogen-bond acceptors (Lipinski definition) is 3. The van der Waals surface area contributed by atoms with E-state index in [1.807, 2.05) is 55.5 Å². The molecule has 0 saturated carbocycles. The maximum atomic E-state index is 5.67. The lowest BCUT2D eigenvalue weighted by atomic mass is 10.2. The van der Waals surface area contributed by atoms with E-state index in [1.165, 1.54) is 5.56 Å². The summed E-state index contributed by atoms with van der Waals surface area (Å²) in [5.41, 5.74) is 7.85. The first-order valence-corrected chi connectivity index (χ1v) is 6.40. The first-order chi connectivity index (χ1) is 9.29. The fourth-order valence-corrected chi connectivity index (χ4v) is 1.83. The smallest absolute Gasteiger partial charge is 0.123 e. The van der Waals surface area contributed by atoms with Gasteiger partial charge in [0, 0.05) is 12.1 Å². The highest BCUT2D eigenvalue weighted by atomic mass is 16.5. The zero-order valence-corrected chi connectivity index (χ0v) is 11.1. The van der Waals surface area contributed by atoms with E-state index in [0.717, 1.165) is 17.1 Å². The average Bonchev–Trinajstić information content (AvgIpc) is 2.44. The van der Waals surface area contributed by atoms with E-state index in [1.54, 1.807) is 0 Å². The standard InChI is InChI=1S/C16H19NO2/c1-13-5-4-7-15(11-13)18-9-10-19-16-8-3-2-6-14(16)12-17/h2-8,11H,9-10,12,17H2,1H3. The minimum absolute atomic E-state index is 0.481. The van der Waals surface area contributed by atoms with E-state index in [-0.39, 0.29) is 0 Å². The SMILES string of the molecule is Cc1cccc(OCCOc2ccccc2CN)c1. The maximum absolute atomic E-state index is 5.67. The summed E-state index contributed by atoms with van der Waals surface area (Å²) in [5.74, 6) is 1.70. The zero-order valence-electron chi connectivity index (χ0n) is 11.1. The number of benzene rings is 2. The molecule has 3 nitrogen and oxygen atoms in total. The molecule has 0 unspecified atom stereocenters. The summed E-state index contributed by atoms with van der Waals surface area (Å²) in [6, 6.07) is 15.8. The summed E-state index contributed by atoms with van der Waals surface area (Å²) in [6.07, 6.45) is 0. The lowest BCUT2D eigenvalue weighted by Gasteiger charge is -2.11. The van der Waals surface area contributed by atoms with Crippen molar-refractivity contribution in [2.75, 3.05) is 13.2 Å². The third-order valence-corrected chi connectivity index (χ3v) is 2.79. The van der Waals surface area contributed by atoms with Crippen molar-refractivity contribution in [2.24, 2.45) is 5.73 Å². The molecule has 0 heterocycles. The van der Waals surface area contributed by atoms with Crippen molar-refractivity contribution < 1.29 is 9.47 Å². The number of hydrogen-bond donors (Lipinski definition) is 1. The van der Waals surface area contributed by atoms with Gasteiger partial charge in [0.1, 0.15) is 24.7 Å². The Bertz CT molecular complexity index is 526. The van der Waals surface area contributed by atoms with Gasteiger partial charge in [-0.05, 0) is 30.7 Å². The van der Waals surface area contributed by atoms with E-state index in [0.29, 0.717) is 19.8 Å². The Labute approximate surface area is 114 Å². The van der Waals surface area contributed by atoms with E-state index < -0.39 is 0 Å². The minimum Gasteiger partial charge on any atom is -0.490 e. The monoisotopic (exact) mass is 257 g/mol. The maximum Gasteiger partial charge on any atom is 0.123 e. The summed E-state index contributed by atoms with van der Waals surface area (Å²) in [4.78, 5) is 0. The fourth-order valence-electron chi connectivity index (χ4n) is 1.83. The number of nitrogens with two attached hydrogens (primary N) is 1. The molecule has 0 atom stereocenters. The van der Waals surface area contributed by atoms with Crippen LogP contribution in [0, 0.1) is 6.92 Å². The summed E-state index contributed by atoms with van der Waals surface area (Å²) in [5, 5.41) is 0. The second kappa shape index (κ2) is 6.81. The molecule has 0 fully saturated rings. The second-order valence-corrected chi connectivity index (χ2v) is 4.33. The van der Waals surface area contributed by atoms with Crippen LogP contribution in [0.2, 0.25) is 0 Å². The average molecular weight is 257 g/mol. The number of ether oxygens (including phenoxy) is 2. The topological polar surface area (TPSA) is 44.5 Å². The number of para-hydroxylation sites is 1. The Morgan fingerprint density at radius 2 is 1.74 bits per heavy atom. The zero-order chi connectivity index (χ0) is 13.5. The van der Waals surface area contributed by atoms with Crippen LogP contribution in [-0.4, -0.2) is 13.2 Å². The highest BCUT2D eigenvalue weighted by Gasteiger charge is 2.00. The Kier molecular flexibility index (Phi) is 4.81. The van der Waals surface area contributed by atoms with Crippen LogP contribution in [-0.2, 0) is 6.54 Å². The van der Waals surface area contributed by atoms with E-state index in [4.69, 9.17) is 15.2 Å². The molecule has 19 heavy (non-hydrogen) atoms. The van der Waals surface area contributed by atoms with E-state index in [9.17, 15) is 0 Å². The molecule has 0 spiro atoms. The van der Waals surface area contributed by atoms with E-state index in [2.05, 4.69) is 0 Å². The highest BCUT2D eigenvalue weighted by molar-refractivity contribution is 5.33. The van der Waals surface area contributed by atoms with Gasteiger partial charge >= 0.3 is 0 Å². The van der Waals surface area contributed by atoms with Crippen molar-refractivity contribution in [1.29, 1.82) is 0 Å². The molecule has 0 saturated heterocycles. The third-order valence-electron chi connectivity index (χ3n) is 2.79. The van der Waals surface area contributed by atoms with Gasteiger partial charge < -0.3 is 15.2 Å². The predicted octanol–water partition coefficient (Wildman–Crippen LogP) is 2.91. The third kappa shape index (κ3) is 4.00. The molecule has 0 amide bonds. The van der Waals surface area contributed by atoms with Crippen LogP contribution in [0.25, 0.3) is 0 Å². The highest BCUT2D eigenvalue weighted by Crippen LogP contribution is 2.17. The molecule has 100 valence electrons. The Hall–Kier alpha value is -2.00. The van der Waals surface area contributed by atoms with Crippen LogP contribution in [0.5, 0.6) is 11.5 Å². The normalized spacial score (nSPS) is 10.2. The predicted molar refractivity (Wildman–Crippen MR) is 76.5 cm³/mol. The summed E-state index contributed by atoms with van der Waals surface area (Å²) >= 11 is 0. The Morgan fingerprint density at radius 1 is 0.947 bits per heavy atom. The summed E-state index contributed by atoms with van der Waals surface area (Å²) < 4.78 is 11.3. The van der Waals surface area contributed by atoms with Crippen molar-refractivity contribution in [2.45, 2.75) is 13.5 Å². The van der Waals surface area contributed by atoms with Gasteiger partial charge in [-0.2, -0.15) is 0 Å². The van der Waals surface area contributed by atoms with Gasteiger partial charge in [0.25, 0.3) is 0 Å². The molecule has 0 aromatic heterocycles. The van der Waals surface area contributed by atoms with Crippen molar-refractivity contribution in [1.82, 2.24) is 0 Å². The van der Waals surface area contributed by atoms with Crippen molar-refractivity contribution in [3.05, 3.63) is 59.7 Å². The number of aryl methyl sites for hydroxylation is 1. The van der Waals surface area contributed by atoms with Crippen LogP contribution in [0.3, 0.4) is 0 Å². The van der Waals surface area contributed by atoms with Crippen LogP contribution < -0.4 is 15.2 Å². The first-order valence-electron chi connectivity index (χ1n) is 6.40. The van der Waals surface area contributed by atoms with Gasteiger partial charge in [-0.15, -0.1) is 0 Å². The van der Waals surface area contributed by atoms with Crippen molar-refractivity contribution in [3.8, 4) is 11.5 Å². The molecule has 2 N–H and O–H groups in total. The molecular weight excluding hydrogens is 238 g/mol.